The van der Waals surface area contributed by atoms with Crippen molar-refractivity contribution in [2.75, 3.05) is 33.7 Å². The van der Waals surface area contributed by atoms with Crippen LogP contribution in [0.1, 0.15) is 6.92 Å². The van der Waals surface area contributed by atoms with E-state index in [4.69, 9.17) is 5.26 Å². The van der Waals surface area contributed by atoms with Crippen LogP contribution in [-0.2, 0) is 0 Å². The molecular formula is C9H16N4. The first-order chi connectivity index (χ1) is 6.15. The van der Waals surface area contributed by atoms with E-state index in [1.54, 1.807) is 0 Å². The third-order valence-corrected chi connectivity index (χ3v) is 2.14. The number of hydrogen-bond donors (Lipinski definition) is 0. The number of likely N-dealkylation sites (N-methyl/N-ethyl adjacent to an activating group) is 1. The maximum absolute atomic E-state index is 8.66. The van der Waals surface area contributed by atoms with E-state index in [9.17, 15) is 0 Å². The molecule has 1 aliphatic heterocycles. The minimum absolute atomic E-state index is 0.0571. The second-order valence-electron chi connectivity index (χ2n) is 3.51. The fourth-order valence-corrected chi connectivity index (χ4v) is 1.47. The van der Waals surface area contributed by atoms with Crippen LogP contribution in [-0.4, -0.2) is 49.5 Å². The van der Waals surface area contributed by atoms with E-state index in [1.165, 1.54) is 0 Å². The van der Waals surface area contributed by atoms with Gasteiger partial charge in [0.25, 0.3) is 0 Å². The van der Waals surface area contributed by atoms with Crippen molar-refractivity contribution in [3.05, 3.63) is 0 Å². The Morgan fingerprint density at radius 2 is 2.46 bits per heavy atom. The lowest BCUT2D eigenvalue weighted by molar-refractivity contribution is 0.393. The molecule has 1 heterocycles. The molecule has 0 saturated carbocycles. The molecule has 1 rings (SSSR count). The zero-order valence-electron chi connectivity index (χ0n) is 8.49. The fourth-order valence-electron chi connectivity index (χ4n) is 1.47. The van der Waals surface area contributed by atoms with Crippen molar-refractivity contribution in [2.24, 2.45) is 10.9 Å². The zero-order chi connectivity index (χ0) is 9.84. The summed E-state index contributed by atoms with van der Waals surface area (Å²) in [6.45, 7) is 4.53. The van der Waals surface area contributed by atoms with Crippen molar-refractivity contribution in [3.8, 4) is 6.07 Å². The Bertz CT molecular complexity index is 240. The molecule has 0 aromatic rings. The third-order valence-electron chi connectivity index (χ3n) is 2.14. The fraction of sp³-hybridized carbons (Fsp3) is 0.778. The summed E-state index contributed by atoms with van der Waals surface area (Å²) in [6, 6.07) is 2.22. The van der Waals surface area contributed by atoms with Crippen LogP contribution in [0, 0.1) is 17.2 Å². The molecule has 1 aliphatic rings. The van der Waals surface area contributed by atoms with Crippen LogP contribution in [0.3, 0.4) is 0 Å². The first-order valence-electron chi connectivity index (χ1n) is 4.51. The molecule has 0 saturated heterocycles. The summed E-state index contributed by atoms with van der Waals surface area (Å²) in [7, 11) is 4.01. The number of rotatable bonds is 2. The van der Waals surface area contributed by atoms with Crippen molar-refractivity contribution in [1.29, 1.82) is 5.26 Å². The van der Waals surface area contributed by atoms with Crippen LogP contribution in [0.4, 0.5) is 0 Å². The van der Waals surface area contributed by atoms with Gasteiger partial charge in [-0.25, -0.2) is 0 Å². The van der Waals surface area contributed by atoms with E-state index in [1.807, 2.05) is 25.9 Å². The Labute approximate surface area is 79.5 Å². The average Bonchev–Trinajstić information content (AvgIpc) is 2.51. The van der Waals surface area contributed by atoms with Crippen LogP contribution < -0.4 is 0 Å². The van der Waals surface area contributed by atoms with E-state index in [0.29, 0.717) is 0 Å². The summed E-state index contributed by atoms with van der Waals surface area (Å²) in [6.07, 6.45) is 0. The predicted molar refractivity (Wildman–Crippen MR) is 52.3 cm³/mol. The summed E-state index contributed by atoms with van der Waals surface area (Å²) in [5, 5.41) is 8.66. The Balaban J connectivity index is 2.48. The van der Waals surface area contributed by atoms with Gasteiger partial charge in [-0.1, -0.05) is 0 Å². The van der Waals surface area contributed by atoms with E-state index in [2.05, 4.69) is 16.0 Å². The first-order valence-corrected chi connectivity index (χ1v) is 4.51. The highest BCUT2D eigenvalue weighted by atomic mass is 15.4. The highest BCUT2D eigenvalue weighted by Gasteiger charge is 2.17. The second kappa shape index (κ2) is 4.13. The topological polar surface area (TPSA) is 42.6 Å². The van der Waals surface area contributed by atoms with Gasteiger partial charge in [-0.3, -0.25) is 4.99 Å². The molecule has 13 heavy (non-hydrogen) atoms. The van der Waals surface area contributed by atoms with Gasteiger partial charge in [-0.05, 0) is 6.92 Å². The highest BCUT2D eigenvalue weighted by molar-refractivity contribution is 5.81. The zero-order valence-corrected chi connectivity index (χ0v) is 8.49. The van der Waals surface area contributed by atoms with Crippen LogP contribution in [0.25, 0.3) is 0 Å². The van der Waals surface area contributed by atoms with Crippen LogP contribution >= 0.6 is 0 Å². The lowest BCUT2D eigenvalue weighted by atomic mass is 10.2. The van der Waals surface area contributed by atoms with Gasteiger partial charge in [0.2, 0.25) is 0 Å². The predicted octanol–water partition coefficient (Wildman–Crippen LogP) is 0.379. The van der Waals surface area contributed by atoms with Gasteiger partial charge < -0.3 is 9.80 Å². The molecule has 0 N–H and O–H groups in total. The number of nitriles is 1. The summed E-state index contributed by atoms with van der Waals surface area (Å²) < 4.78 is 0. The van der Waals surface area contributed by atoms with Gasteiger partial charge in [0.15, 0.2) is 5.96 Å². The number of nitrogens with zero attached hydrogens (tertiary/aromatic N) is 4. The van der Waals surface area contributed by atoms with Crippen molar-refractivity contribution in [3.63, 3.8) is 0 Å². The van der Waals surface area contributed by atoms with Crippen LogP contribution in [0.15, 0.2) is 4.99 Å². The van der Waals surface area contributed by atoms with Crippen molar-refractivity contribution >= 4 is 5.96 Å². The molecule has 0 aromatic heterocycles. The molecule has 0 spiro atoms. The SMILES string of the molecule is CC(C#N)CN(C)C1=NCCN1C. The maximum Gasteiger partial charge on any atom is 0.196 e. The van der Waals surface area contributed by atoms with Crippen LogP contribution in [0.5, 0.6) is 0 Å². The third kappa shape index (κ3) is 2.35. The molecule has 4 nitrogen and oxygen atoms in total. The molecule has 0 fully saturated rings. The molecule has 0 aliphatic carbocycles. The summed E-state index contributed by atoms with van der Waals surface area (Å²) in [5.41, 5.74) is 0. The Kier molecular flexibility index (Phi) is 3.13. The number of hydrogen-bond acceptors (Lipinski definition) is 4. The molecular weight excluding hydrogens is 164 g/mol. The molecule has 0 bridgehead atoms. The van der Waals surface area contributed by atoms with E-state index in [0.717, 1.165) is 25.6 Å². The van der Waals surface area contributed by atoms with E-state index >= 15 is 0 Å². The smallest absolute Gasteiger partial charge is 0.196 e. The van der Waals surface area contributed by atoms with Gasteiger partial charge in [-0.15, -0.1) is 0 Å². The Hall–Kier alpha value is -1.24. The maximum atomic E-state index is 8.66. The van der Waals surface area contributed by atoms with Gasteiger partial charge in [0.1, 0.15) is 0 Å². The first kappa shape index (κ1) is 9.85. The van der Waals surface area contributed by atoms with Gasteiger partial charge in [0.05, 0.1) is 18.5 Å². The lowest BCUT2D eigenvalue weighted by Crippen LogP contribution is -2.39. The van der Waals surface area contributed by atoms with Crippen LogP contribution in [0.2, 0.25) is 0 Å². The molecule has 72 valence electrons. The Morgan fingerprint density at radius 1 is 1.77 bits per heavy atom. The van der Waals surface area contributed by atoms with E-state index in [-0.39, 0.29) is 5.92 Å². The normalized spacial score (nSPS) is 18.0. The second-order valence-corrected chi connectivity index (χ2v) is 3.51. The minimum atomic E-state index is 0.0571. The average molecular weight is 180 g/mol. The monoisotopic (exact) mass is 180 g/mol. The lowest BCUT2D eigenvalue weighted by Gasteiger charge is -2.25. The highest BCUT2D eigenvalue weighted by Crippen LogP contribution is 2.04. The van der Waals surface area contributed by atoms with Gasteiger partial charge >= 0.3 is 0 Å². The van der Waals surface area contributed by atoms with Gasteiger partial charge in [0, 0.05) is 27.2 Å². The Morgan fingerprint density at radius 3 is 2.92 bits per heavy atom. The number of guanidine groups is 1. The number of aliphatic imine (C=N–C) groups is 1. The van der Waals surface area contributed by atoms with Crippen molar-refractivity contribution < 1.29 is 0 Å². The molecule has 4 heteroatoms. The van der Waals surface area contributed by atoms with Crippen molar-refractivity contribution in [2.45, 2.75) is 6.92 Å². The quantitative estimate of drug-likeness (QED) is 0.617. The summed E-state index contributed by atoms with van der Waals surface area (Å²) >= 11 is 0. The molecule has 0 radical (unpaired) electrons. The van der Waals surface area contributed by atoms with Crippen molar-refractivity contribution in [1.82, 2.24) is 9.80 Å². The molecule has 1 atom stereocenters. The molecule has 0 aromatic carbocycles. The standard InChI is InChI=1S/C9H16N4/c1-8(6-10)7-13(3)9-11-4-5-12(9)2/h8H,4-5,7H2,1-3H3. The van der Waals surface area contributed by atoms with Gasteiger partial charge in [-0.2, -0.15) is 5.26 Å². The largest absolute Gasteiger partial charge is 0.345 e. The minimum Gasteiger partial charge on any atom is -0.345 e. The molecule has 1 unspecified atom stereocenters. The summed E-state index contributed by atoms with van der Waals surface area (Å²) in [4.78, 5) is 8.52. The molecule has 0 amide bonds. The van der Waals surface area contributed by atoms with E-state index < -0.39 is 0 Å². The summed E-state index contributed by atoms with van der Waals surface area (Å²) in [5.74, 6) is 1.06.